The van der Waals surface area contributed by atoms with Crippen LogP contribution in [0.3, 0.4) is 0 Å². The van der Waals surface area contributed by atoms with Crippen LogP contribution in [0.25, 0.3) is 16.6 Å². The highest BCUT2D eigenvalue weighted by molar-refractivity contribution is 6.29. The van der Waals surface area contributed by atoms with Crippen molar-refractivity contribution in [3.63, 3.8) is 0 Å². The molecule has 0 saturated carbocycles. The van der Waals surface area contributed by atoms with E-state index in [1.54, 1.807) is 25.1 Å². The maximum Gasteiger partial charge on any atom is 0.434 e. The van der Waals surface area contributed by atoms with Crippen molar-refractivity contribution >= 4 is 45.8 Å². The summed E-state index contributed by atoms with van der Waals surface area (Å²) in [5.74, 6) is -0.281. The Balaban J connectivity index is 1.67. The van der Waals surface area contributed by atoms with E-state index < -0.39 is 23.9 Å². The highest BCUT2D eigenvalue weighted by Crippen LogP contribution is 2.35. The molecule has 4 heterocycles. The van der Waals surface area contributed by atoms with Gasteiger partial charge in [-0.05, 0) is 44.5 Å². The van der Waals surface area contributed by atoms with E-state index in [9.17, 15) is 18.0 Å². The molecule has 0 spiro atoms. The summed E-state index contributed by atoms with van der Waals surface area (Å²) in [6, 6.07) is 6.43. The molecule has 3 aromatic heterocycles. The van der Waals surface area contributed by atoms with Crippen LogP contribution < -0.4 is 10.2 Å². The number of esters is 1. The monoisotopic (exact) mass is 562 g/mol. The fourth-order valence-electron chi connectivity index (χ4n) is 4.65. The molecule has 1 aliphatic rings. The Kier molecular flexibility index (Phi) is 7.25. The van der Waals surface area contributed by atoms with Gasteiger partial charge in [0.25, 0.3) is 0 Å². The summed E-state index contributed by atoms with van der Waals surface area (Å²) in [6.07, 6.45) is -3.63. The summed E-state index contributed by atoms with van der Waals surface area (Å²) in [6.45, 7) is 7.38. The summed E-state index contributed by atoms with van der Waals surface area (Å²) < 4.78 is 53.1. The van der Waals surface area contributed by atoms with Crippen LogP contribution in [-0.4, -0.2) is 58.2 Å². The van der Waals surface area contributed by atoms with Crippen LogP contribution in [0.1, 0.15) is 47.2 Å². The molecule has 1 aromatic carbocycles. The van der Waals surface area contributed by atoms with Crippen molar-refractivity contribution in [2.75, 3.05) is 43.1 Å². The number of imidazole rings is 1. The third-order valence-electron chi connectivity index (χ3n) is 6.41. The van der Waals surface area contributed by atoms with Crippen LogP contribution in [0.4, 0.5) is 24.8 Å². The molecule has 0 amide bonds. The zero-order valence-corrected chi connectivity index (χ0v) is 22.2. The second-order valence-corrected chi connectivity index (χ2v) is 9.58. The number of nitrogens with zero attached hydrogens (tertiary/aromatic N) is 5. The van der Waals surface area contributed by atoms with Crippen molar-refractivity contribution in [2.45, 2.75) is 33.0 Å². The molecule has 0 radical (unpaired) electrons. The van der Waals surface area contributed by atoms with Gasteiger partial charge < -0.3 is 19.7 Å². The molecule has 39 heavy (non-hydrogen) atoms. The third kappa shape index (κ3) is 5.30. The van der Waals surface area contributed by atoms with Crippen LogP contribution >= 0.6 is 11.6 Å². The topological polar surface area (TPSA) is 93.9 Å². The van der Waals surface area contributed by atoms with E-state index in [4.69, 9.17) is 26.1 Å². The van der Waals surface area contributed by atoms with Gasteiger partial charge in [-0.25, -0.2) is 19.7 Å². The van der Waals surface area contributed by atoms with Crippen molar-refractivity contribution in [2.24, 2.45) is 0 Å². The number of hydrogen-bond donors (Lipinski definition) is 1. The van der Waals surface area contributed by atoms with Crippen LogP contribution in [0.2, 0.25) is 5.15 Å². The van der Waals surface area contributed by atoms with Crippen LogP contribution in [0.5, 0.6) is 0 Å². The number of rotatable bonds is 6. The van der Waals surface area contributed by atoms with Crippen molar-refractivity contribution in [3.05, 3.63) is 58.1 Å². The van der Waals surface area contributed by atoms with Crippen LogP contribution in [0, 0.1) is 6.92 Å². The molecule has 1 N–H and O–H groups in total. The minimum absolute atomic E-state index is 0.0283. The van der Waals surface area contributed by atoms with E-state index in [0.717, 1.165) is 11.8 Å². The molecule has 9 nitrogen and oxygen atoms in total. The van der Waals surface area contributed by atoms with Gasteiger partial charge in [0.2, 0.25) is 5.95 Å². The first kappa shape index (κ1) is 26.9. The number of carbonyl (C=O) groups is 1. The number of benzene rings is 1. The first-order valence-corrected chi connectivity index (χ1v) is 12.8. The Hall–Kier alpha value is -3.64. The normalized spacial score (nSPS) is 15.1. The first-order chi connectivity index (χ1) is 18.6. The molecule has 1 atom stereocenters. The van der Waals surface area contributed by atoms with Gasteiger partial charge in [0.05, 0.1) is 37.1 Å². The molecule has 5 rings (SSSR count). The number of aryl methyl sites for hydroxylation is 1. The summed E-state index contributed by atoms with van der Waals surface area (Å²) in [5, 5.41) is 3.90. The molecule has 0 aliphatic carbocycles. The molecule has 4 aromatic rings. The smallest absolute Gasteiger partial charge is 0.434 e. The van der Waals surface area contributed by atoms with Gasteiger partial charge in [-0.1, -0.05) is 17.7 Å². The van der Waals surface area contributed by atoms with Gasteiger partial charge in [-0.15, -0.1) is 0 Å². The Morgan fingerprint density at radius 2 is 1.95 bits per heavy atom. The Labute approximate surface area is 226 Å². The fourth-order valence-corrected chi connectivity index (χ4v) is 4.80. The molecule has 1 aliphatic heterocycles. The average Bonchev–Trinajstić information content (AvgIpc) is 3.36. The molecule has 206 valence electrons. The average molecular weight is 563 g/mol. The highest BCUT2D eigenvalue weighted by Gasteiger charge is 2.35. The number of ether oxygens (including phenoxy) is 2. The maximum absolute atomic E-state index is 13.7. The maximum atomic E-state index is 13.7. The van der Waals surface area contributed by atoms with Crippen LogP contribution in [0.15, 0.2) is 30.5 Å². The van der Waals surface area contributed by atoms with Crippen molar-refractivity contribution in [3.8, 4) is 0 Å². The Morgan fingerprint density at radius 1 is 1.21 bits per heavy atom. The van der Waals surface area contributed by atoms with E-state index in [1.165, 1.54) is 4.40 Å². The number of halogens is 4. The number of anilines is 2. The predicted molar refractivity (Wildman–Crippen MR) is 141 cm³/mol. The lowest BCUT2D eigenvalue weighted by molar-refractivity contribution is -0.140. The van der Waals surface area contributed by atoms with E-state index in [1.807, 2.05) is 24.8 Å². The molecular formula is C26H26ClF3N6O3. The largest absolute Gasteiger partial charge is 0.461 e. The first-order valence-electron chi connectivity index (χ1n) is 12.4. The van der Waals surface area contributed by atoms with E-state index in [-0.39, 0.29) is 23.1 Å². The summed E-state index contributed by atoms with van der Waals surface area (Å²) in [5.41, 5.74) is 1.61. The number of pyridine rings is 1. The standard InChI is InChI=1S/C26H26ClF3N6O3/c1-4-39-24(37)22-18(5-6-20(27)33-22)31-15(3)16-11-14(2)12-17-21(16)34-25(35-7-9-38-10-8-35)36-13-19(26(28,29)30)32-23(17)36/h5-6,11-13,15,31H,4,7-10H2,1-3H3/t15-/m1/s1. The second kappa shape index (κ2) is 10.5. The van der Waals surface area contributed by atoms with Crippen molar-refractivity contribution < 1.29 is 27.4 Å². The van der Waals surface area contributed by atoms with E-state index in [2.05, 4.69) is 15.3 Å². The fraction of sp³-hybridized carbons (Fsp3) is 0.385. The van der Waals surface area contributed by atoms with Gasteiger partial charge in [-0.3, -0.25) is 4.40 Å². The zero-order chi connectivity index (χ0) is 27.9. The lowest BCUT2D eigenvalue weighted by Crippen LogP contribution is -2.38. The SMILES string of the molecule is CCOC(=O)c1nc(Cl)ccc1N[C@H](C)c1cc(C)cc2c1nc(N1CCOCC1)n1cc(C(F)(F)F)nc21. The van der Waals surface area contributed by atoms with Gasteiger partial charge >= 0.3 is 12.1 Å². The minimum Gasteiger partial charge on any atom is -0.461 e. The summed E-state index contributed by atoms with van der Waals surface area (Å²) in [7, 11) is 0. The van der Waals surface area contributed by atoms with E-state index in [0.29, 0.717) is 54.4 Å². The van der Waals surface area contributed by atoms with Crippen molar-refractivity contribution in [1.29, 1.82) is 0 Å². The highest BCUT2D eigenvalue weighted by atomic mass is 35.5. The molecule has 1 saturated heterocycles. The van der Waals surface area contributed by atoms with Crippen molar-refractivity contribution in [1.82, 2.24) is 19.4 Å². The van der Waals surface area contributed by atoms with Crippen LogP contribution in [-0.2, 0) is 15.7 Å². The third-order valence-corrected chi connectivity index (χ3v) is 6.62. The molecule has 0 bridgehead atoms. The minimum atomic E-state index is -4.62. The number of fused-ring (bicyclic) bond motifs is 3. The summed E-state index contributed by atoms with van der Waals surface area (Å²) in [4.78, 5) is 27.4. The predicted octanol–water partition coefficient (Wildman–Crippen LogP) is 5.44. The Bertz CT molecular complexity index is 1550. The number of nitrogens with one attached hydrogen (secondary N) is 1. The molecular weight excluding hydrogens is 537 g/mol. The summed E-state index contributed by atoms with van der Waals surface area (Å²) >= 11 is 6.03. The van der Waals surface area contributed by atoms with Gasteiger partial charge in [0.15, 0.2) is 11.4 Å². The molecule has 1 fully saturated rings. The molecule has 0 unspecified atom stereocenters. The molecule has 13 heteroatoms. The van der Waals surface area contributed by atoms with Gasteiger partial charge in [0.1, 0.15) is 10.8 Å². The second-order valence-electron chi connectivity index (χ2n) is 9.20. The zero-order valence-electron chi connectivity index (χ0n) is 21.5. The number of alkyl halides is 3. The number of aromatic nitrogens is 4. The lowest BCUT2D eigenvalue weighted by atomic mass is 10.0. The lowest BCUT2D eigenvalue weighted by Gasteiger charge is -2.29. The van der Waals surface area contributed by atoms with Gasteiger partial charge in [-0.2, -0.15) is 13.2 Å². The number of hydrogen-bond acceptors (Lipinski definition) is 8. The Morgan fingerprint density at radius 3 is 2.64 bits per heavy atom. The van der Waals surface area contributed by atoms with E-state index >= 15 is 0 Å². The quantitative estimate of drug-likeness (QED) is 0.245. The number of carbonyl (C=O) groups excluding carboxylic acids is 1. The number of morpholine rings is 1. The van der Waals surface area contributed by atoms with Gasteiger partial charge in [0, 0.05) is 30.2 Å².